The van der Waals surface area contributed by atoms with Gasteiger partial charge in [-0.1, -0.05) is 12.1 Å². The van der Waals surface area contributed by atoms with Crippen molar-refractivity contribution in [2.75, 3.05) is 18.8 Å². The SMILES string of the molecule is Cn1cc(-c2cnc(N)c(C(=O)N[C@@H]3CCN(C(=O)Oc4ccccc4C#N)C3)c2)cn1. The van der Waals surface area contributed by atoms with Gasteiger partial charge in [-0.05, 0) is 24.6 Å². The van der Waals surface area contributed by atoms with Gasteiger partial charge in [-0.15, -0.1) is 0 Å². The molecule has 0 spiro atoms. The van der Waals surface area contributed by atoms with Gasteiger partial charge in [0, 0.05) is 49.7 Å². The van der Waals surface area contributed by atoms with Crippen LogP contribution >= 0.6 is 0 Å². The second-order valence-corrected chi connectivity index (χ2v) is 7.44. The Morgan fingerprint density at radius 3 is 2.84 bits per heavy atom. The van der Waals surface area contributed by atoms with E-state index in [9.17, 15) is 9.59 Å². The highest BCUT2D eigenvalue weighted by atomic mass is 16.6. The van der Waals surface area contributed by atoms with Gasteiger partial charge in [-0.2, -0.15) is 10.4 Å². The molecule has 4 rings (SSSR count). The van der Waals surface area contributed by atoms with E-state index in [1.165, 1.54) is 4.90 Å². The zero-order chi connectivity index (χ0) is 22.7. The number of anilines is 1. The number of aryl methyl sites for hydroxylation is 1. The Morgan fingerprint density at radius 2 is 2.09 bits per heavy atom. The molecule has 1 aliphatic heterocycles. The first-order valence-electron chi connectivity index (χ1n) is 9.96. The summed E-state index contributed by atoms with van der Waals surface area (Å²) in [5.74, 6) is -0.0353. The number of carbonyl (C=O) groups excluding carboxylic acids is 2. The molecule has 10 nitrogen and oxygen atoms in total. The summed E-state index contributed by atoms with van der Waals surface area (Å²) in [6.07, 6.45) is 5.09. The summed E-state index contributed by atoms with van der Waals surface area (Å²) in [7, 11) is 1.80. The fourth-order valence-corrected chi connectivity index (χ4v) is 3.50. The Morgan fingerprint density at radius 1 is 1.28 bits per heavy atom. The van der Waals surface area contributed by atoms with Gasteiger partial charge in [0.2, 0.25) is 0 Å². The minimum Gasteiger partial charge on any atom is -0.409 e. The molecule has 3 heterocycles. The van der Waals surface area contributed by atoms with Gasteiger partial charge in [-0.3, -0.25) is 9.48 Å². The fraction of sp³-hybridized carbons (Fsp3) is 0.227. The molecule has 0 bridgehead atoms. The molecule has 2 aromatic heterocycles. The number of ether oxygens (including phenoxy) is 1. The lowest BCUT2D eigenvalue weighted by atomic mass is 10.1. The molecule has 1 aromatic carbocycles. The number of nitrogens with two attached hydrogens (primary N) is 1. The summed E-state index contributed by atoms with van der Waals surface area (Å²) in [6, 6.07) is 9.93. The van der Waals surface area contributed by atoms with Crippen molar-refractivity contribution in [3.8, 4) is 22.9 Å². The van der Waals surface area contributed by atoms with Crippen molar-refractivity contribution in [2.24, 2.45) is 7.05 Å². The second kappa shape index (κ2) is 8.77. The number of nitrogen functional groups attached to an aromatic ring is 1. The molecule has 3 aromatic rings. The number of pyridine rings is 1. The molecule has 0 saturated carbocycles. The molecule has 0 unspecified atom stereocenters. The first kappa shape index (κ1) is 20.9. The van der Waals surface area contributed by atoms with E-state index >= 15 is 0 Å². The number of nitriles is 1. The average molecular weight is 431 g/mol. The first-order valence-corrected chi connectivity index (χ1v) is 9.96. The minimum absolute atomic E-state index is 0.123. The van der Waals surface area contributed by atoms with Crippen molar-refractivity contribution in [1.82, 2.24) is 25.0 Å². The fourth-order valence-electron chi connectivity index (χ4n) is 3.50. The smallest absolute Gasteiger partial charge is 0.409 e. The number of rotatable bonds is 4. The van der Waals surface area contributed by atoms with Crippen molar-refractivity contribution in [1.29, 1.82) is 5.26 Å². The number of aromatic nitrogens is 3. The second-order valence-electron chi connectivity index (χ2n) is 7.44. The van der Waals surface area contributed by atoms with Gasteiger partial charge in [-0.25, -0.2) is 9.78 Å². The van der Waals surface area contributed by atoms with E-state index in [0.29, 0.717) is 13.0 Å². The van der Waals surface area contributed by atoms with Crippen molar-refractivity contribution in [3.63, 3.8) is 0 Å². The molecule has 1 fully saturated rings. The minimum atomic E-state index is -0.566. The summed E-state index contributed by atoms with van der Waals surface area (Å²) in [5.41, 5.74) is 8.02. The highest BCUT2D eigenvalue weighted by molar-refractivity contribution is 5.99. The van der Waals surface area contributed by atoms with Crippen LogP contribution in [0.1, 0.15) is 22.3 Å². The van der Waals surface area contributed by atoms with Crippen molar-refractivity contribution in [3.05, 3.63) is 60.0 Å². The van der Waals surface area contributed by atoms with Crippen molar-refractivity contribution < 1.29 is 14.3 Å². The molecular weight excluding hydrogens is 410 g/mol. The molecule has 0 radical (unpaired) electrons. The number of hydrogen-bond donors (Lipinski definition) is 2. The average Bonchev–Trinajstić information content (AvgIpc) is 3.43. The summed E-state index contributed by atoms with van der Waals surface area (Å²) in [5, 5.41) is 16.2. The number of amides is 2. The quantitative estimate of drug-likeness (QED) is 0.643. The molecule has 0 aliphatic carbocycles. The zero-order valence-corrected chi connectivity index (χ0v) is 17.4. The van der Waals surface area contributed by atoms with Crippen LogP contribution in [-0.2, 0) is 7.05 Å². The third-order valence-corrected chi connectivity index (χ3v) is 5.19. The van der Waals surface area contributed by atoms with Crippen molar-refractivity contribution >= 4 is 17.8 Å². The molecule has 2 amide bonds. The molecule has 1 aliphatic rings. The molecule has 1 atom stereocenters. The number of para-hydroxylation sites is 1. The van der Waals surface area contributed by atoms with Crippen molar-refractivity contribution in [2.45, 2.75) is 12.5 Å². The monoisotopic (exact) mass is 431 g/mol. The Bertz CT molecular complexity index is 1210. The van der Waals surface area contributed by atoms with E-state index in [4.69, 9.17) is 15.7 Å². The Labute approximate surface area is 184 Å². The third kappa shape index (κ3) is 4.37. The van der Waals surface area contributed by atoms with Crippen LogP contribution in [0.5, 0.6) is 5.75 Å². The van der Waals surface area contributed by atoms with E-state index < -0.39 is 6.09 Å². The topological polar surface area (TPSA) is 139 Å². The number of nitrogens with one attached hydrogen (secondary N) is 1. The molecule has 162 valence electrons. The van der Waals surface area contributed by atoms with Gasteiger partial charge in [0.1, 0.15) is 11.9 Å². The number of carbonyl (C=O) groups is 2. The highest BCUT2D eigenvalue weighted by Crippen LogP contribution is 2.22. The van der Waals surface area contributed by atoms with Crippen LogP contribution in [-0.4, -0.2) is 50.8 Å². The van der Waals surface area contributed by atoms with Crippen LogP contribution in [0.25, 0.3) is 11.1 Å². The van der Waals surface area contributed by atoms with E-state index in [2.05, 4.69) is 15.4 Å². The Balaban J connectivity index is 1.40. The molecule has 3 N–H and O–H groups in total. The van der Waals surface area contributed by atoms with Gasteiger partial charge in [0.25, 0.3) is 5.91 Å². The predicted octanol–water partition coefficient (Wildman–Crippen LogP) is 1.94. The van der Waals surface area contributed by atoms with E-state index in [1.54, 1.807) is 54.5 Å². The zero-order valence-electron chi connectivity index (χ0n) is 17.4. The maximum Gasteiger partial charge on any atom is 0.415 e. The first-order chi connectivity index (χ1) is 15.4. The molecule has 32 heavy (non-hydrogen) atoms. The van der Waals surface area contributed by atoms with Crippen LogP contribution in [0.3, 0.4) is 0 Å². The summed E-state index contributed by atoms with van der Waals surface area (Å²) in [6.45, 7) is 0.705. The normalized spacial score (nSPS) is 15.2. The lowest BCUT2D eigenvalue weighted by Gasteiger charge is -2.17. The lowest BCUT2D eigenvalue weighted by molar-refractivity contribution is 0.0937. The third-order valence-electron chi connectivity index (χ3n) is 5.19. The Kier molecular flexibility index (Phi) is 5.72. The molecule has 10 heteroatoms. The van der Waals surface area contributed by atoms with Gasteiger partial charge >= 0.3 is 6.09 Å². The number of hydrogen-bond acceptors (Lipinski definition) is 7. The van der Waals surface area contributed by atoms with E-state index in [1.807, 2.05) is 12.3 Å². The van der Waals surface area contributed by atoms with Gasteiger partial charge in [0.15, 0.2) is 5.75 Å². The predicted molar refractivity (Wildman–Crippen MR) is 115 cm³/mol. The number of nitrogens with zero attached hydrogens (tertiary/aromatic N) is 5. The van der Waals surface area contributed by atoms with Gasteiger partial charge < -0.3 is 20.7 Å². The highest BCUT2D eigenvalue weighted by Gasteiger charge is 2.29. The summed E-state index contributed by atoms with van der Waals surface area (Å²) in [4.78, 5) is 31.0. The van der Waals surface area contributed by atoms with Crippen LogP contribution in [0.4, 0.5) is 10.6 Å². The Hall–Kier alpha value is -4.39. The maximum absolute atomic E-state index is 12.8. The molecule has 1 saturated heterocycles. The summed E-state index contributed by atoms with van der Waals surface area (Å²) < 4.78 is 7.02. The van der Waals surface area contributed by atoms with Crippen LogP contribution < -0.4 is 15.8 Å². The van der Waals surface area contributed by atoms with Crippen LogP contribution in [0.2, 0.25) is 0 Å². The summed E-state index contributed by atoms with van der Waals surface area (Å²) >= 11 is 0. The van der Waals surface area contributed by atoms with E-state index in [-0.39, 0.29) is 41.2 Å². The maximum atomic E-state index is 12.8. The number of likely N-dealkylation sites (tertiary alicyclic amines) is 1. The van der Waals surface area contributed by atoms with Gasteiger partial charge in [0.05, 0.1) is 17.3 Å². The molecular formula is C22H21N7O3. The number of benzene rings is 1. The van der Waals surface area contributed by atoms with Crippen LogP contribution in [0.15, 0.2) is 48.9 Å². The largest absolute Gasteiger partial charge is 0.415 e. The lowest BCUT2D eigenvalue weighted by Crippen LogP contribution is -2.39. The van der Waals surface area contributed by atoms with Crippen LogP contribution in [0, 0.1) is 11.3 Å². The van der Waals surface area contributed by atoms with E-state index in [0.717, 1.165) is 11.1 Å². The standard InChI is InChI=1S/C22H21N7O3/c1-28-12-16(11-26-28)15-8-18(20(24)25-10-15)21(30)27-17-6-7-29(13-17)22(31)32-19-5-3-2-4-14(19)9-23/h2-5,8,10-12,17H,6-7,13H2,1H3,(H2,24,25)(H,27,30)/t17-/m1/s1.